The van der Waals surface area contributed by atoms with Crippen molar-refractivity contribution >= 4 is 23.0 Å². The average molecular weight is 365 g/mol. The Morgan fingerprint density at radius 1 is 0.650 bits per heavy atom. The second kappa shape index (κ2) is 10.4. The highest BCUT2D eigenvalue weighted by atomic mass is 79.9. The minimum absolute atomic E-state index is 0.664. The third-order valence-electron chi connectivity index (χ3n) is 4.89. The summed E-state index contributed by atoms with van der Waals surface area (Å²) in [6, 6.07) is 2.65. The number of nitrogens with zero attached hydrogens (tertiary/aromatic N) is 2. The van der Waals surface area contributed by atoms with Gasteiger partial charge >= 0.3 is 0 Å². The summed E-state index contributed by atoms with van der Waals surface area (Å²) in [5.74, 6) is 0. The van der Waals surface area contributed by atoms with E-state index in [2.05, 4.69) is 79.8 Å². The quantitative estimate of drug-likeness (QED) is 0.401. The van der Waals surface area contributed by atoms with E-state index in [0.29, 0.717) is 24.2 Å². The lowest BCUT2D eigenvalue weighted by Gasteiger charge is -2.46. The fourth-order valence-corrected chi connectivity index (χ4v) is 10.4. The normalized spacial score (nSPS) is 19.9. The van der Waals surface area contributed by atoms with Gasteiger partial charge < -0.3 is 9.13 Å². The molecule has 0 aliphatic rings. The van der Waals surface area contributed by atoms with Crippen molar-refractivity contribution < 1.29 is 0 Å². The SMILES string of the molecule is CCC(C)N(C(C)CC)[SiH](Br)N(C(C)CC)C(C)CC. The van der Waals surface area contributed by atoms with Crippen molar-refractivity contribution in [1.82, 2.24) is 9.13 Å². The Morgan fingerprint density at radius 2 is 0.850 bits per heavy atom. The first-order chi connectivity index (χ1) is 9.35. The molecule has 0 saturated heterocycles. The van der Waals surface area contributed by atoms with Crippen molar-refractivity contribution in [2.75, 3.05) is 0 Å². The Morgan fingerprint density at radius 3 is 1.00 bits per heavy atom. The van der Waals surface area contributed by atoms with Crippen LogP contribution in [0.5, 0.6) is 0 Å². The molecule has 0 rings (SSSR count). The van der Waals surface area contributed by atoms with E-state index in [9.17, 15) is 0 Å². The van der Waals surface area contributed by atoms with Crippen molar-refractivity contribution in [3.05, 3.63) is 0 Å². The smallest absolute Gasteiger partial charge is 0.265 e. The molecule has 0 aliphatic heterocycles. The first kappa shape index (κ1) is 20.6. The van der Waals surface area contributed by atoms with Gasteiger partial charge in [0.1, 0.15) is 0 Å². The van der Waals surface area contributed by atoms with Crippen LogP contribution in [0, 0.1) is 0 Å². The molecule has 4 unspecified atom stereocenters. The van der Waals surface area contributed by atoms with Gasteiger partial charge in [-0.05, 0) is 25.7 Å². The molecule has 2 nitrogen and oxygen atoms in total. The monoisotopic (exact) mass is 364 g/mol. The summed E-state index contributed by atoms with van der Waals surface area (Å²) in [6.45, 7) is 18.8. The summed E-state index contributed by atoms with van der Waals surface area (Å²) < 4.78 is 5.58. The highest BCUT2D eigenvalue weighted by Crippen LogP contribution is 2.25. The standard InChI is InChI=1S/C16H37BrN2Si/c1-9-13(5)18(14(6)10-2)20(17)19(15(7)11-3)16(8)12-4/h13-16,20H,9-12H2,1-8H3. The zero-order valence-electron chi connectivity index (χ0n) is 15.0. The topological polar surface area (TPSA) is 6.48 Å². The van der Waals surface area contributed by atoms with Crippen LogP contribution in [0.1, 0.15) is 81.1 Å². The maximum absolute atomic E-state index is 4.17. The Balaban J connectivity index is 5.28. The molecule has 0 fully saturated rings. The Labute approximate surface area is 137 Å². The predicted molar refractivity (Wildman–Crippen MR) is 98.8 cm³/mol. The summed E-state index contributed by atoms with van der Waals surface area (Å²) in [4.78, 5) is 0. The molecule has 0 spiro atoms. The van der Waals surface area contributed by atoms with E-state index in [4.69, 9.17) is 0 Å². The molecular weight excluding hydrogens is 328 g/mol. The van der Waals surface area contributed by atoms with E-state index in [1.165, 1.54) is 25.7 Å². The van der Waals surface area contributed by atoms with Crippen LogP contribution in [0.4, 0.5) is 0 Å². The third-order valence-corrected chi connectivity index (χ3v) is 10.7. The van der Waals surface area contributed by atoms with Crippen LogP contribution in [0.3, 0.4) is 0 Å². The molecule has 0 radical (unpaired) electrons. The fourth-order valence-electron chi connectivity index (χ4n) is 2.71. The van der Waals surface area contributed by atoms with Crippen LogP contribution >= 0.6 is 15.3 Å². The van der Waals surface area contributed by atoms with Gasteiger partial charge in [0, 0.05) is 24.2 Å². The zero-order chi connectivity index (χ0) is 15.9. The van der Waals surface area contributed by atoms with Gasteiger partial charge in [-0.1, -0.05) is 70.7 Å². The van der Waals surface area contributed by atoms with Gasteiger partial charge in [-0.3, -0.25) is 0 Å². The molecule has 122 valence electrons. The summed E-state index contributed by atoms with van der Waals surface area (Å²) >= 11 is 4.17. The van der Waals surface area contributed by atoms with Gasteiger partial charge in [0.15, 0.2) is 0 Å². The number of hydrogen-bond donors (Lipinski definition) is 0. The molecule has 0 aromatic heterocycles. The molecule has 0 amide bonds. The van der Waals surface area contributed by atoms with Crippen LogP contribution in [-0.2, 0) is 0 Å². The number of rotatable bonds is 10. The van der Waals surface area contributed by atoms with Crippen molar-refractivity contribution in [3.63, 3.8) is 0 Å². The van der Waals surface area contributed by atoms with E-state index in [1.54, 1.807) is 0 Å². The lowest BCUT2D eigenvalue weighted by atomic mass is 10.2. The van der Waals surface area contributed by atoms with Crippen molar-refractivity contribution in [3.8, 4) is 0 Å². The largest absolute Gasteiger partial charge is 0.301 e. The van der Waals surface area contributed by atoms with Gasteiger partial charge in [0.05, 0.1) is 0 Å². The van der Waals surface area contributed by atoms with Crippen LogP contribution in [0.2, 0.25) is 0 Å². The summed E-state index contributed by atoms with van der Waals surface area (Å²) in [6.07, 6.45) is 4.92. The molecule has 4 atom stereocenters. The van der Waals surface area contributed by atoms with Crippen molar-refractivity contribution in [2.45, 2.75) is 105 Å². The van der Waals surface area contributed by atoms with E-state index in [0.717, 1.165) is 0 Å². The minimum atomic E-state index is -1.25. The summed E-state index contributed by atoms with van der Waals surface area (Å²) in [5.41, 5.74) is 0. The minimum Gasteiger partial charge on any atom is -0.301 e. The molecule has 0 N–H and O–H groups in total. The van der Waals surface area contributed by atoms with E-state index in [-0.39, 0.29) is 0 Å². The molecular formula is C16H37BrN2Si. The molecule has 20 heavy (non-hydrogen) atoms. The van der Waals surface area contributed by atoms with Crippen LogP contribution < -0.4 is 0 Å². The number of halogens is 1. The summed E-state index contributed by atoms with van der Waals surface area (Å²) in [7, 11) is -1.25. The Kier molecular flexibility index (Phi) is 10.7. The van der Waals surface area contributed by atoms with Gasteiger partial charge in [0.25, 0.3) is 7.74 Å². The predicted octanol–water partition coefficient (Wildman–Crippen LogP) is 4.90. The fraction of sp³-hybridized carbons (Fsp3) is 1.00. The van der Waals surface area contributed by atoms with E-state index < -0.39 is 7.74 Å². The second-order valence-corrected chi connectivity index (χ2v) is 10.5. The molecule has 0 aromatic rings. The maximum Gasteiger partial charge on any atom is 0.265 e. The van der Waals surface area contributed by atoms with Gasteiger partial charge in [-0.25, -0.2) is 0 Å². The van der Waals surface area contributed by atoms with Gasteiger partial charge in [-0.2, -0.15) is 0 Å². The first-order valence-corrected chi connectivity index (χ1v) is 12.8. The molecule has 4 heteroatoms. The van der Waals surface area contributed by atoms with Crippen LogP contribution in [-0.4, -0.2) is 41.0 Å². The van der Waals surface area contributed by atoms with Crippen molar-refractivity contribution in [1.29, 1.82) is 0 Å². The number of hydrogen-bond acceptors (Lipinski definition) is 2. The van der Waals surface area contributed by atoms with Gasteiger partial charge in [0.2, 0.25) is 0 Å². The average Bonchev–Trinajstić information content (AvgIpc) is 2.46. The maximum atomic E-state index is 4.17. The molecule has 0 aromatic carbocycles. The molecule has 0 bridgehead atoms. The van der Waals surface area contributed by atoms with E-state index >= 15 is 0 Å². The second-order valence-electron chi connectivity index (χ2n) is 6.23. The molecule has 0 saturated carbocycles. The highest BCUT2D eigenvalue weighted by molar-refractivity contribution is 9.24. The molecule has 0 heterocycles. The van der Waals surface area contributed by atoms with Gasteiger partial charge in [-0.15, -0.1) is 0 Å². The van der Waals surface area contributed by atoms with Crippen molar-refractivity contribution in [2.24, 2.45) is 0 Å². The molecule has 0 aliphatic carbocycles. The van der Waals surface area contributed by atoms with Crippen LogP contribution in [0.15, 0.2) is 0 Å². The Hall–Kier alpha value is 0.617. The lowest BCUT2D eigenvalue weighted by Crippen LogP contribution is -2.60. The third kappa shape index (κ3) is 5.43. The Bertz CT molecular complexity index is 209. The lowest BCUT2D eigenvalue weighted by molar-refractivity contribution is 0.197. The zero-order valence-corrected chi connectivity index (χ0v) is 17.7. The highest BCUT2D eigenvalue weighted by Gasteiger charge is 2.34. The first-order valence-electron chi connectivity index (χ1n) is 8.54. The van der Waals surface area contributed by atoms with E-state index in [1.807, 2.05) is 0 Å². The van der Waals surface area contributed by atoms with Crippen LogP contribution in [0.25, 0.3) is 0 Å². The summed E-state index contributed by atoms with van der Waals surface area (Å²) in [5, 5.41) is 0.